The molecule has 0 amide bonds. The fraction of sp³-hybridized carbons (Fsp3) is 0.600. The van der Waals surface area contributed by atoms with Crippen LogP contribution in [-0.4, -0.2) is 19.3 Å². The Morgan fingerprint density at radius 3 is 2.71 bits per heavy atom. The van der Waals surface area contributed by atoms with Crippen molar-refractivity contribution in [1.82, 2.24) is 5.32 Å². The number of benzene rings is 1. The standard InChI is InChI=1S/C15H19F4NO/c16-14-5-4-11(9-13(14)15(17,18)19)10-20-7-6-12-3-1-2-8-21-12/h4-5,9,12,20H,1-3,6-8,10H2. The Balaban J connectivity index is 1.80. The van der Waals surface area contributed by atoms with E-state index in [2.05, 4.69) is 5.32 Å². The third-order valence-electron chi connectivity index (χ3n) is 3.58. The van der Waals surface area contributed by atoms with E-state index in [-0.39, 0.29) is 12.6 Å². The molecule has 1 aliphatic rings. The van der Waals surface area contributed by atoms with Gasteiger partial charge in [-0.2, -0.15) is 13.2 Å². The van der Waals surface area contributed by atoms with Crippen molar-refractivity contribution in [3.63, 3.8) is 0 Å². The third kappa shape index (κ3) is 4.97. The van der Waals surface area contributed by atoms with Crippen LogP contribution in [-0.2, 0) is 17.5 Å². The lowest BCUT2D eigenvalue weighted by molar-refractivity contribution is -0.140. The Morgan fingerprint density at radius 1 is 1.24 bits per heavy atom. The van der Waals surface area contributed by atoms with Gasteiger partial charge in [-0.25, -0.2) is 4.39 Å². The summed E-state index contributed by atoms with van der Waals surface area (Å²) in [6.07, 6.45) is -0.276. The zero-order valence-corrected chi connectivity index (χ0v) is 11.7. The number of hydrogen-bond acceptors (Lipinski definition) is 2. The SMILES string of the molecule is Fc1ccc(CNCCC2CCCCO2)cc1C(F)(F)F. The van der Waals surface area contributed by atoms with Crippen molar-refractivity contribution in [2.45, 2.75) is 44.5 Å². The van der Waals surface area contributed by atoms with E-state index in [0.29, 0.717) is 12.1 Å². The van der Waals surface area contributed by atoms with E-state index in [9.17, 15) is 17.6 Å². The monoisotopic (exact) mass is 305 g/mol. The van der Waals surface area contributed by atoms with E-state index in [1.54, 1.807) is 0 Å². The first kappa shape index (κ1) is 16.2. The van der Waals surface area contributed by atoms with E-state index in [1.165, 1.54) is 6.07 Å². The molecule has 2 nitrogen and oxygen atoms in total. The Morgan fingerprint density at radius 2 is 2.05 bits per heavy atom. The fourth-order valence-electron chi connectivity index (χ4n) is 2.43. The summed E-state index contributed by atoms with van der Waals surface area (Å²) < 4.78 is 56.5. The molecule has 1 saturated heterocycles. The molecule has 0 aromatic heterocycles. The molecule has 0 spiro atoms. The lowest BCUT2D eigenvalue weighted by Gasteiger charge is -2.22. The van der Waals surface area contributed by atoms with Crippen LogP contribution >= 0.6 is 0 Å². The van der Waals surface area contributed by atoms with Crippen molar-refractivity contribution in [3.05, 3.63) is 35.1 Å². The summed E-state index contributed by atoms with van der Waals surface area (Å²) in [5.74, 6) is -1.23. The topological polar surface area (TPSA) is 21.3 Å². The normalized spacial score (nSPS) is 19.7. The molecular formula is C15H19F4NO. The zero-order chi connectivity index (χ0) is 15.3. The maximum Gasteiger partial charge on any atom is 0.419 e. The molecule has 2 rings (SSSR count). The molecule has 21 heavy (non-hydrogen) atoms. The Bertz CT molecular complexity index is 455. The minimum atomic E-state index is -4.66. The van der Waals surface area contributed by atoms with Crippen LogP contribution in [0.3, 0.4) is 0 Å². The van der Waals surface area contributed by atoms with E-state index >= 15 is 0 Å². The Hall–Kier alpha value is -1.14. The molecule has 1 aromatic rings. The summed E-state index contributed by atoms with van der Waals surface area (Å²) in [6.45, 7) is 1.75. The van der Waals surface area contributed by atoms with Crippen LogP contribution in [0.4, 0.5) is 17.6 Å². The molecule has 0 bridgehead atoms. The van der Waals surface area contributed by atoms with Gasteiger partial charge in [-0.05, 0) is 49.9 Å². The number of ether oxygens (including phenoxy) is 1. The average molecular weight is 305 g/mol. The number of alkyl halides is 3. The van der Waals surface area contributed by atoms with E-state index < -0.39 is 17.6 Å². The minimum Gasteiger partial charge on any atom is -0.378 e. The highest BCUT2D eigenvalue weighted by Crippen LogP contribution is 2.31. The quantitative estimate of drug-likeness (QED) is 0.658. The molecule has 1 aliphatic heterocycles. The second-order valence-corrected chi connectivity index (χ2v) is 5.27. The van der Waals surface area contributed by atoms with Crippen LogP contribution < -0.4 is 5.32 Å². The summed E-state index contributed by atoms with van der Waals surface area (Å²) in [6, 6.07) is 3.10. The average Bonchev–Trinajstić information content (AvgIpc) is 2.45. The lowest BCUT2D eigenvalue weighted by Crippen LogP contribution is -2.25. The van der Waals surface area contributed by atoms with Crippen molar-refractivity contribution in [1.29, 1.82) is 0 Å². The summed E-state index contributed by atoms with van der Waals surface area (Å²) >= 11 is 0. The van der Waals surface area contributed by atoms with Crippen LogP contribution in [0.15, 0.2) is 18.2 Å². The first-order chi connectivity index (χ1) is 9.97. The third-order valence-corrected chi connectivity index (χ3v) is 3.58. The molecule has 0 saturated carbocycles. The second-order valence-electron chi connectivity index (χ2n) is 5.27. The predicted molar refractivity (Wildman–Crippen MR) is 71.3 cm³/mol. The maximum atomic E-state index is 13.1. The van der Waals surface area contributed by atoms with Crippen LogP contribution in [0.25, 0.3) is 0 Å². The summed E-state index contributed by atoms with van der Waals surface area (Å²) in [5, 5.41) is 3.08. The number of halogens is 4. The lowest BCUT2D eigenvalue weighted by atomic mass is 10.1. The number of nitrogens with one attached hydrogen (secondary N) is 1. The Kier molecular flexibility index (Phi) is 5.58. The summed E-state index contributed by atoms with van der Waals surface area (Å²) in [4.78, 5) is 0. The highest BCUT2D eigenvalue weighted by Gasteiger charge is 2.34. The highest BCUT2D eigenvalue weighted by atomic mass is 19.4. The molecule has 1 atom stereocenters. The molecule has 1 fully saturated rings. The van der Waals surface area contributed by atoms with Gasteiger partial charge in [0.05, 0.1) is 11.7 Å². The molecule has 1 aromatic carbocycles. The first-order valence-corrected chi connectivity index (χ1v) is 7.15. The van der Waals surface area contributed by atoms with Gasteiger partial charge in [0.1, 0.15) is 5.82 Å². The zero-order valence-electron chi connectivity index (χ0n) is 11.7. The van der Waals surface area contributed by atoms with E-state index in [0.717, 1.165) is 44.4 Å². The van der Waals surface area contributed by atoms with Gasteiger partial charge in [-0.15, -0.1) is 0 Å². The molecule has 0 aliphatic carbocycles. The highest BCUT2D eigenvalue weighted by molar-refractivity contribution is 5.27. The van der Waals surface area contributed by atoms with E-state index in [1.807, 2.05) is 0 Å². The van der Waals surface area contributed by atoms with Gasteiger partial charge in [0.15, 0.2) is 0 Å². The molecule has 118 valence electrons. The molecule has 0 radical (unpaired) electrons. The number of rotatable bonds is 5. The van der Waals surface area contributed by atoms with Crippen molar-refractivity contribution >= 4 is 0 Å². The maximum absolute atomic E-state index is 13.1. The van der Waals surface area contributed by atoms with Crippen molar-refractivity contribution in [2.24, 2.45) is 0 Å². The van der Waals surface area contributed by atoms with Gasteiger partial charge in [0.25, 0.3) is 0 Å². The largest absolute Gasteiger partial charge is 0.419 e. The fourth-order valence-corrected chi connectivity index (χ4v) is 2.43. The summed E-state index contributed by atoms with van der Waals surface area (Å²) in [7, 11) is 0. The van der Waals surface area contributed by atoms with Crippen molar-refractivity contribution < 1.29 is 22.3 Å². The Labute approximate surface area is 121 Å². The van der Waals surface area contributed by atoms with Crippen LogP contribution in [0, 0.1) is 5.82 Å². The van der Waals surface area contributed by atoms with Gasteiger partial charge >= 0.3 is 6.18 Å². The van der Waals surface area contributed by atoms with Crippen LogP contribution in [0.1, 0.15) is 36.8 Å². The molecule has 1 heterocycles. The molecule has 1 unspecified atom stereocenters. The second kappa shape index (κ2) is 7.22. The van der Waals surface area contributed by atoms with Crippen molar-refractivity contribution in [2.75, 3.05) is 13.2 Å². The van der Waals surface area contributed by atoms with E-state index in [4.69, 9.17) is 4.74 Å². The van der Waals surface area contributed by atoms with Gasteiger partial charge in [-0.3, -0.25) is 0 Å². The van der Waals surface area contributed by atoms with Crippen molar-refractivity contribution in [3.8, 4) is 0 Å². The first-order valence-electron chi connectivity index (χ1n) is 7.15. The smallest absolute Gasteiger partial charge is 0.378 e. The molecular weight excluding hydrogens is 286 g/mol. The van der Waals surface area contributed by atoms with Gasteiger partial charge < -0.3 is 10.1 Å². The minimum absolute atomic E-state index is 0.241. The molecule has 6 heteroatoms. The van der Waals surface area contributed by atoms with Gasteiger partial charge in [0.2, 0.25) is 0 Å². The number of hydrogen-bond donors (Lipinski definition) is 1. The van der Waals surface area contributed by atoms with Gasteiger partial charge in [0, 0.05) is 13.2 Å². The molecule has 1 N–H and O–H groups in total. The van der Waals surface area contributed by atoms with Crippen LogP contribution in [0.5, 0.6) is 0 Å². The van der Waals surface area contributed by atoms with Gasteiger partial charge in [-0.1, -0.05) is 6.07 Å². The van der Waals surface area contributed by atoms with Crippen LogP contribution in [0.2, 0.25) is 0 Å². The summed E-state index contributed by atoms with van der Waals surface area (Å²) in [5.41, 5.74) is -0.786. The predicted octanol–water partition coefficient (Wildman–Crippen LogP) is 3.89.